The van der Waals surface area contributed by atoms with E-state index < -0.39 is 76.6 Å². The van der Waals surface area contributed by atoms with Crippen molar-refractivity contribution in [1.29, 1.82) is 10.5 Å². The van der Waals surface area contributed by atoms with Gasteiger partial charge in [-0.2, -0.15) is 20.3 Å². The summed E-state index contributed by atoms with van der Waals surface area (Å²) in [7, 11) is 0. The fraction of sp³-hybridized carbons (Fsp3) is 0.333. The number of nitrogens with zero attached hydrogens (tertiary/aromatic N) is 15. The Morgan fingerprint density at radius 2 is 0.766 bits per heavy atom. The van der Waals surface area contributed by atoms with Gasteiger partial charge < -0.3 is 72.6 Å². The molecule has 0 radical (unpaired) electrons. The Morgan fingerprint density at radius 3 is 1.19 bits per heavy atom. The number of aromatic hydroxyl groups is 3. The number of aromatic nitrogens is 8. The van der Waals surface area contributed by atoms with E-state index in [0.29, 0.717) is 85.9 Å². The van der Waals surface area contributed by atoms with Crippen LogP contribution in [-0.4, -0.2) is 159 Å². The number of hydrogen-bond acceptors (Lipinski definition) is 32. The zero-order chi connectivity index (χ0) is 92.8. The number of halogens is 4. The van der Waals surface area contributed by atoms with Crippen LogP contribution < -0.4 is 59.3 Å². The van der Waals surface area contributed by atoms with E-state index in [1.54, 1.807) is 159 Å². The van der Waals surface area contributed by atoms with Gasteiger partial charge in [0.25, 0.3) is 0 Å². The van der Waals surface area contributed by atoms with Gasteiger partial charge in [0.15, 0.2) is 11.6 Å². The number of nitriles is 2. The fourth-order valence-corrected chi connectivity index (χ4v) is 11.3. The summed E-state index contributed by atoms with van der Waals surface area (Å²) in [5.41, 5.74) is 22.4. The standard InChI is InChI=1S/C17H22BrN3O5.C17H23N3O6.C12H15N3O4.C7H6BrN3O.C7H7N3O2.C6H8BrN3.C6H4BrN3.C6H5N3/c1-16(2,3)25-14(23)20-9-10-7-11(18)8-19-12(10)21(13(20)22)15(24)26-17(4,5)6;1-16(2,3)25-14(23)19-9-10-7-11(21)8-18-12(10)20(13(19)22)15(24)26-17(4,5)6;1-12(2,3)19-11(18)15-6-7-4-8(16)5-13-9(7)14-10(15)17;8-5-1-4-2-10-7(12)11-6(4)9-3-5;11-5-1-4-2-9-7(12)10-6(4)8-3-5;2*7-5-1-4(2-8)6(9)10-3-5;7-4-5-2-1-3-9-6(5)8/h7-8H,9H2,1-6H3;7-8,21H,9H2,1-6H3;4-5,16H,6H2,1-3H3,(H,13,14,17);1,3H,2H2,(H2,9,10,11,12);1,3,11H,2H2,(H2,8,9,10,12);1,3H,2,8H2,(H2,9,10);1,3H,(H2,9,10);1-3H,(H2,8,9). The number of anilines is 8. The lowest BCUT2D eigenvalue weighted by Crippen LogP contribution is -2.54. The predicted octanol–water partition coefficient (Wildman–Crippen LogP) is 14.5. The van der Waals surface area contributed by atoms with Crippen molar-refractivity contribution in [2.24, 2.45) is 5.73 Å². The fourth-order valence-electron chi connectivity index (χ4n) is 9.80. The second kappa shape index (κ2) is 42.9. The first kappa shape index (κ1) is 99.4. The van der Waals surface area contributed by atoms with Crippen LogP contribution in [-0.2, 0) is 63.0 Å². The van der Waals surface area contributed by atoms with E-state index in [2.05, 4.69) is 130 Å². The molecule has 5 aliphatic heterocycles. The molecule has 13 rings (SSSR count). The van der Waals surface area contributed by atoms with E-state index in [1.165, 1.54) is 30.7 Å². The highest BCUT2D eigenvalue weighted by Crippen LogP contribution is 2.35. The van der Waals surface area contributed by atoms with Crippen LogP contribution in [0.1, 0.15) is 148 Å². The van der Waals surface area contributed by atoms with E-state index in [0.717, 1.165) is 55.9 Å². The highest BCUT2D eigenvalue weighted by atomic mass is 79.9. The molecule has 0 fully saturated rings. The number of amides is 15. The number of carbonyl (C=O) groups is 10. The molecule has 658 valence electrons. The summed E-state index contributed by atoms with van der Waals surface area (Å²) >= 11 is 13.0. The number of rotatable bonds is 1. The van der Waals surface area contributed by atoms with Crippen LogP contribution >= 0.6 is 63.7 Å². The molecule has 0 saturated carbocycles. The van der Waals surface area contributed by atoms with Gasteiger partial charge in [0.2, 0.25) is 0 Å². The summed E-state index contributed by atoms with van der Waals surface area (Å²) in [5.74, 6) is 2.60. The summed E-state index contributed by atoms with van der Waals surface area (Å²) in [6.07, 6.45) is 7.12. The molecule has 5 aliphatic rings. The van der Waals surface area contributed by atoms with Crippen LogP contribution in [0.5, 0.6) is 17.2 Å². The Morgan fingerprint density at radius 1 is 0.427 bits per heavy atom. The molecular weight excluding hydrogens is 1880 g/mol. The van der Waals surface area contributed by atoms with Crippen LogP contribution in [0.15, 0.2) is 122 Å². The van der Waals surface area contributed by atoms with Crippen LogP contribution in [0.2, 0.25) is 0 Å². The van der Waals surface area contributed by atoms with Crippen LogP contribution in [0.4, 0.5) is 94.5 Å². The quantitative estimate of drug-likeness (QED) is 0.0679. The molecule has 0 bridgehead atoms. The molecule has 0 aliphatic carbocycles. The summed E-state index contributed by atoms with van der Waals surface area (Å²) in [5, 5.41) is 57.7. The number of nitrogens with two attached hydrogens (primary N) is 4. The van der Waals surface area contributed by atoms with Gasteiger partial charge in [-0.15, -0.1) is 0 Å². The van der Waals surface area contributed by atoms with Crippen LogP contribution in [0, 0.1) is 22.7 Å². The van der Waals surface area contributed by atoms with Gasteiger partial charge in [0, 0.05) is 102 Å². The summed E-state index contributed by atoms with van der Waals surface area (Å²) in [6.45, 7) is 26.3. The lowest BCUT2D eigenvalue weighted by molar-refractivity contribution is 0.0281. The molecule has 15 amide bonds. The normalized spacial score (nSPS) is 13.4. The van der Waals surface area contributed by atoms with Crippen molar-refractivity contribution < 1.29 is 86.9 Å². The average molecular weight is 1970 g/mol. The zero-order valence-corrected chi connectivity index (χ0v) is 75.9. The predicted molar refractivity (Wildman–Crippen MR) is 465 cm³/mol. The second-order valence-electron chi connectivity index (χ2n) is 31.0. The number of nitrogens with one attached hydrogen (secondary N) is 5. The minimum absolute atomic E-state index is 0.00172. The minimum atomic E-state index is -0.977. The molecule has 8 aromatic heterocycles. The van der Waals surface area contributed by atoms with Crippen LogP contribution in [0.3, 0.4) is 0 Å². The molecule has 16 N–H and O–H groups in total. The van der Waals surface area contributed by atoms with E-state index in [9.17, 15) is 58.2 Å². The van der Waals surface area contributed by atoms with Crippen molar-refractivity contribution in [3.63, 3.8) is 0 Å². The molecule has 0 saturated heterocycles. The van der Waals surface area contributed by atoms with E-state index >= 15 is 0 Å². The maximum Gasteiger partial charge on any atom is 0.424 e. The van der Waals surface area contributed by atoms with Crippen molar-refractivity contribution in [3.05, 3.63) is 167 Å². The maximum atomic E-state index is 12.8. The molecule has 0 unspecified atom stereocenters. The molecular formula is C78H90Br4N24O18. The molecule has 0 aromatic carbocycles. The number of carbonyl (C=O) groups excluding carboxylic acids is 10. The molecule has 0 atom stereocenters. The summed E-state index contributed by atoms with van der Waals surface area (Å²) in [6, 6.07) is 15.7. The largest absolute Gasteiger partial charge is 0.506 e. The second-order valence-corrected chi connectivity index (χ2v) is 34.6. The van der Waals surface area contributed by atoms with Gasteiger partial charge >= 0.3 is 60.6 Å². The van der Waals surface area contributed by atoms with Crippen LogP contribution in [0.25, 0.3) is 0 Å². The summed E-state index contributed by atoms with van der Waals surface area (Å²) in [4.78, 5) is 156. The van der Waals surface area contributed by atoms with Crippen molar-refractivity contribution in [2.45, 2.75) is 171 Å². The van der Waals surface area contributed by atoms with E-state index in [1.807, 2.05) is 24.3 Å². The van der Waals surface area contributed by atoms with E-state index in [4.69, 9.17) is 62.2 Å². The van der Waals surface area contributed by atoms with Gasteiger partial charge in [0.05, 0.1) is 49.4 Å². The minimum Gasteiger partial charge on any atom is -0.506 e. The molecule has 13 heterocycles. The maximum absolute atomic E-state index is 12.8. The number of fused-ring (bicyclic) bond motifs is 5. The topological polar surface area (TPSA) is 609 Å². The van der Waals surface area contributed by atoms with Gasteiger partial charge in [0.1, 0.15) is 92.3 Å². The molecule has 8 aromatic rings. The van der Waals surface area contributed by atoms with Gasteiger partial charge in [-0.25, -0.2) is 103 Å². The highest BCUT2D eigenvalue weighted by molar-refractivity contribution is 9.11. The molecule has 124 heavy (non-hydrogen) atoms. The number of urea groups is 5. The number of ether oxygens (including phenoxy) is 5. The molecule has 0 spiro atoms. The summed E-state index contributed by atoms with van der Waals surface area (Å²) < 4.78 is 29.4. The first-order valence-electron chi connectivity index (χ1n) is 36.6. The smallest absolute Gasteiger partial charge is 0.424 e. The lowest BCUT2D eigenvalue weighted by Gasteiger charge is -2.35. The number of pyridine rings is 8. The SMILES string of the molecule is CC(C)(C)OC(=O)N1Cc2cc(Br)cnc2N(C(=O)OC(C)(C)C)C1=O.CC(C)(C)OC(=O)N1Cc2cc(O)cnc2N(C(=O)OC(C)(C)C)C1=O.CC(C)(C)OC(=O)N1Cc2cc(O)cnc2NC1=O.N#Cc1cc(Br)cnc1N.N#Cc1cccnc1N.NCc1cc(Br)cnc1N.O=C1NCc2cc(Br)cnc2N1.O=C1NCc2cc(O)cnc2N1. The number of hydrogen-bond donors (Lipinski definition) is 12. The van der Waals surface area contributed by atoms with Crippen molar-refractivity contribution in [2.75, 3.05) is 43.0 Å². The highest BCUT2D eigenvalue weighted by Gasteiger charge is 2.45. The average Bonchev–Trinajstić information content (AvgIpc) is 0.769. The Bertz CT molecular complexity index is 5220. The lowest BCUT2D eigenvalue weighted by atomic mass is 10.1. The third kappa shape index (κ3) is 30.9. The monoisotopic (exact) mass is 1970 g/mol. The Balaban J connectivity index is 0.000000226. The Labute approximate surface area is 744 Å². The van der Waals surface area contributed by atoms with Crippen molar-refractivity contribution >= 4 is 171 Å². The van der Waals surface area contributed by atoms with Gasteiger partial charge in [-0.1, -0.05) is 0 Å². The molecule has 46 heteroatoms. The first-order chi connectivity index (χ1) is 57.6. The third-order valence-electron chi connectivity index (χ3n) is 14.9. The third-order valence-corrected chi connectivity index (χ3v) is 16.6. The van der Waals surface area contributed by atoms with Gasteiger partial charge in [-0.3, -0.25) is 16.0 Å². The molecule has 42 nitrogen and oxygen atoms in total. The van der Waals surface area contributed by atoms with E-state index in [-0.39, 0.29) is 66.4 Å². The zero-order valence-electron chi connectivity index (χ0n) is 69.6. The Hall–Kier alpha value is -13.4. The number of imide groups is 5. The first-order valence-corrected chi connectivity index (χ1v) is 39.7. The van der Waals surface area contributed by atoms with Gasteiger partial charge in [-0.05, 0) is 222 Å². The number of nitrogen functional groups attached to an aromatic ring is 3. The Kier molecular flexibility index (Phi) is 34.4. The van der Waals surface area contributed by atoms with Crippen molar-refractivity contribution in [1.82, 2.24) is 65.2 Å². The van der Waals surface area contributed by atoms with Crippen molar-refractivity contribution in [3.8, 4) is 29.4 Å².